The van der Waals surface area contributed by atoms with Crippen molar-refractivity contribution >= 4 is 11.9 Å². The Morgan fingerprint density at radius 1 is 1.45 bits per heavy atom. The van der Waals surface area contributed by atoms with Crippen LogP contribution in [0.25, 0.3) is 0 Å². The van der Waals surface area contributed by atoms with E-state index in [4.69, 9.17) is 9.84 Å². The number of amides is 1. The van der Waals surface area contributed by atoms with Crippen LogP contribution in [0.1, 0.15) is 30.8 Å². The Hall–Kier alpha value is -1.82. The van der Waals surface area contributed by atoms with Crippen LogP contribution < -0.4 is 5.32 Å². The van der Waals surface area contributed by atoms with Gasteiger partial charge in [0.1, 0.15) is 5.69 Å². The molecule has 1 aromatic rings. The standard InChI is InChI=1S/C14H22N2O4/c1-10(2)11(9-13(17)18)15-14(19)12-5-4-6-16(12)7-8-20-3/h4-6,10-11H,7-9H2,1-3H3,(H,15,19)(H,17,18). The van der Waals surface area contributed by atoms with E-state index in [0.29, 0.717) is 18.8 Å². The third-order valence-corrected chi connectivity index (χ3v) is 3.11. The fourth-order valence-electron chi connectivity index (χ4n) is 1.89. The highest BCUT2D eigenvalue weighted by Crippen LogP contribution is 2.09. The second-order valence-electron chi connectivity index (χ2n) is 5.00. The molecule has 0 aliphatic heterocycles. The van der Waals surface area contributed by atoms with E-state index >= 15 is 0 Å². The summed E-state index contributed by atoms with van der Waals surface area (Å²) in [7, 11) is 1.60. The molecule has 0 saturated carbocycles. The predicted molar refractivity (Wildman–Crippen MR) is 74.7 cm³/mol. The van der Waals surface area contributed by atoms with Gasteiger partial charge in [0.2, 0.25) is 0 Å². The van der Waals surface area contributed by atoms with E-state index in [-0.39, 0.29) is 24.3 Å². The summed E-state index contributed by atoms with van der Waals surface area (Å²) in [5, 5.41) is 11.7. The monoisotopic (exact) mass is 282 g/mol. The van der Waals surface area contributed by atoms with Crippen molar-refractivity contribution in [1.82, 2.24) is 9.88 Å². The van der Waals surface area contributed by atoms with E-state index in [2.05, 4.69) is 5.32 Å². The summed E-state index contributed by atoms with van der Waals surface area (Å²) >= 11 is 0. The summed E-state index contributed by atoms with van der Waals surface area (Å²) < 4.78 is 6.78. The molecule has 0 aliphatic carbocycles. The first-order valence-electron chi connectivity index (χ1n) is 6.62. The smallest absolute Gasteiger partial charge is 0.305 e. The van der Waals surface area contributed by atoms with Gasteiger partial charge in [-0.15, -0.1) is 0 Å². The van der Waals surface area contributed by atoms with Crippen LogP contribution in [0.3, 0.4) is 0 Å². The third kappa shape index (κ3) is 4.70. The second kappa shape index (κ2) is 7.69. The van der Waals surface area contributed by atoms with Gasteiger partial charge in [-0.25, -0.2) is 0 Å². The zero-order valence-corrected chi connectivity index (χ0v) is 12.1. The third-order valence-electron chi connectivity index (χ3n) is 3.11. The Kier molecular flexibility index (Phi) is 6.24. The molecule has 0 radical (unpaired) electrons. The molecule has 0 bridgehead atoms. The van der Waals surface area contributed by atoms with Crippen LogP contribution in [0.5, 0.6) is 0 Å². The Balaban J connectivity index is 2.73. The molecule has 6 nitrogen and oxygen atoms in total. The number of aliphatic carboxylic acids is 1. The molecule has 0 aliphatic rings. The molecular formula is C14H22N2O4. The fraction of sp³-hybridized carbons (Fsp3) is 0.571. The van der Waals surface area contributed by atoms with Crippen molar-refractivity contribution in [2.75, 3.05) is 13.7 Å². The molecule has 1 rings (SSSR count). The number of carboxylic acids is 1. The normalized spacial score (nSPS) is 12.4. The lowest BCUT2D eigenvalue weighted by Gasteiger charge is -2.21. The van der Waals surface area contributed by atoms with Crippen LogP contribution in [-0.2, 0) is 16.1 Å². The molecule has 0 saturated heterocycles. The van der Waals surface area contributed by atoms with Gasteiger partial charge in [-0.3, -0.25) is 9.59 Å². The minimum Gasteiger partial charge on any atom is -0.481 e. The highest BCUT2D eigenvalue weighted by Gasteiger charge is 2.21. The number of aromatic nitrogens is 1. The van der Waals surface area contributed by atoms with Gasteiger partial charge in [-0.05, 0) is 18.1 Å². The van der Waals surface area contributed by atoms with Crippen molar-refractivity contribution in [2.24, 2.45) is 5.92 Å². The molecule has 0 spiro atoms. The lowest BCUT2D eigenvalue weighted by Crippen LogP contribution is -2.40. The quantitative estimate of drug-likeness (QED) is 0.754. The van der Waals surface area contributed by atoms with Gasteiger partial charge in [-0.2, -0.15) is 0 Å². The minimum atomic E-state index is -0.918. The van der Waals surface area contributed by atoms with Crippen LogP contribution in [0.2, 0.25) is 0 Å². The molecule has 1 heterocycles. The van der Waals surface area contributed by atoms with E-state index in [9.17, 15) is 9.59 Å². The molecule has 20 heavy (non-hydrogen) atoms. The average Bonchev–Trinajstić information content (AvgIpc) is 2.83. The van der Waals surface area contributed by atoms with Crippen molar-refractivity contribution in [3.05, 3.63) is 24.0 Å². The zero-order chi connectivity index (χ0) is 15.1. The molecule has 112 valence electrons. The summed E-state index contributed by atoms with van der Waals surface area (Å²) in [5.74, 6) is -1.12. The summed E-state index contributed by atoms with van der Waals surface area (Å²) in [6.45, 7) is 4.87. The van der Waals surface area contributed by atoms with Gasteiger partial charge in [0.05, 0.1) is 13.0 Å². The first-order chi connectivity index (χ1) is 9.45. The predicted octanol–water partition coefficient (Wildman–Crippen LogP) is 1.36. The Bertz CT molecular complexity index is 454. The number of carbonyl (C=O) groups excluding carboxylic acids is 1. The number of carbonyl (C=O) groups is 2. The van der Waals surface area contributed by atoms with Gasteiger partial charge in [0, 0.05) is 25.9 Å². The number of hydrogen-bond donors (Lipinski definition) is 2. The zero-order valence-electron chi connectivity index (χ0n) is 12.1. The largest absolute Gasteiger partial charge is 0.481 e. The van der Waals surface area contributed by atoms with Gasteiger partial charge in [0.15, 0.2) is 0 Å². The minimum absolute atomic E-state index is 0.0532. The van der Waals surface area contributed by atoms with Crippen molar-refractivity contribution in [2.45, 2.75) is 32.9 Å². The fourth-order valence-corrected chi connectivity index (χ4v) is 1.89. The van der Waals surface area contributed by atoms with E-state index in [1.807, 2.05) is 13.8 Å². The number of nitrogens with one attached hydrogen (secondary N) is 1. The first kappa shape index (κ1) is 16.2. The van der Waals surface area contributed by atoms with Gasteiger partial charge in [-0.1, -0.05) is 13.8 Å². The van der Waals surface area contributed by atoms with E-state index in [1.54, 1.807) is 30.0 Å². The number of hydrogen-bond acceptors (Lipinski definition) is 3. The maximum Gasteiger partial charge on any atom is 0.305 e. The van der Waals surface area contributed by atoms with Crippen molar-refractivity contribution < 1.29 is 19.4 Å². The highest BCUT2D eigenvalue weighted by molar-refractivity contribution is 5.93. The van der Waals surface area contributed by atoms with Gasteiger partial charge < -0.3 is 19.7 Å². The number of ether oxygens (including phenoxy) is 1. The summed E-state index contributed by atoms with van der Waals surface area (Å²) in [6.07, 6.45) is 1.72. The number of nitrogens with zero attached hydrogens (tertiary/aromatic N) is 1. The van der Waals surface area contributed by atoms with Crippen LogP contribution in [0.4, 0.5) is 0 Å². The van der Waals surface area contributed by atoms with Crippen LogP contribution in [0, 0.1) is 5.92 Å². The topological polar surface area (TPSA) is 80.6 Å². The molecule has 0 fully saturated rings. The Morgan fingerprint density at radius 2 is 2.15 bits per heavy atom. The number of carboxylic acid groups (broad SMARTS) is 1. The van der Waals surface area contributed by atoms with E-state index in [0.717, 1.165) is 0 Å². The van der Waals surface area contributed by atoms with E-state index < -0.39 is 5.97 Å². The Labute approximate surface area is 118 Å². The van der Waals surface area contributed by atoms with Gasteiger partial charge in [0.25, 0.3) is 5.91 Å². The molecule has 1 atom stereocenters. The van der Waals surface area contributed by atoms with Crippen molar-refractivity contribution in [3.63, 3.8) is 0 Å². The number of rotatable bonds is 8. The lowest BCUT2D eigenvalue weighted by molar-refractivity contribution is -0.137. The summed E-state index contributed by atoms with van der Waals surface area (Å²) in [5.41, 5.74) is 0.512. The van der Waals surface area contributed by atoms with Crippen LogP contribution >= 0.6 is 0 Å². The maximum atomic E-state index is 12.2. The van der Waals surface area contributed by atoms with Crippen molar-refractivity contribution in [3.8, 4) is 0 Å². The summed E-state index contributed by atoms with van der Waals surface area (Å²) in [6, 6.07) is 3.11. The lowest BCUT2D eigenvalue weighted by atomic mass is 10.0. The maximum absolute atomic E-state index is 12.2. The van der Waals surface area contributed by atoms with Gasteiger partial charge >= 0.3 is 5.97 Å². The second-order valence-corrected chi connectivity index (χ2v) is 5.00. The molecular weight excluding hydrogens is 260 g/mol. The molecule has 0 aromatic carbocycles. The average molecular weight is 282 g/mol. The Morgan fingerprint density at radius 3 is 2.70 bits per heavy atom. The first-order valence-corrected chi connectivity index (χ1v) is 6.62. The van der Waals surface area contributed by atoms with Crippen LogP contribution in [0.15, 0.2) is 18.3 Å². The highest BCUT2D eigenvalue weighted by atomic mass is 16.5. The van der Waals surface area contributed by atoms with E-state index in [1.165, 1.54) is 0 Å². The van der Waals surface area contributed by atoms with Crippen molar-refractivity contribution in [1.29, 1.82) is 0 Å². The molecule has 1 unspecified atom stereocenters. The molecule has 1 aromatic heterocycles. The summed E-state index contributed by atoms with van der Waals surface area (Å²) in [4.78, 5) is 23.0. The molecule has 2 N–H and O–H groups in total. The molecule has 6 heteroatoms. The SMILES string of the molecule is COCCn1cccc1C(=O)NC(CC(=O)O)C(C)C. The number of methoxy groups -OCH3 is 1. The van der Waals surface area contributed by atoms with Crippen LogP contribution in [-0.4, -0.2) is 41.3 Å². The molecule has 1 amide bonds.